The molecule has 29 heavy (non-hydrogen) atoms. The highest BCUT2D eigenvalue weighted by Crippen LogP contribution is 2.37. The minimum absolute atomic E-state index is 0.000690. The van der Waals surface area contributed by atoms with Crippen molar-refractivity contribution >= 4 is 17.5 Å². The SMILES string of the molecule is COc1ccccc1OCC(=O)NC1C[C@H]2CC[C@@H](C1)N2Cc1ccc(Cl)cc1. The Balaban J connectivity index is 1.28. The fraction of sp³-hybridized carbons (Fsp3) is 0.435. The third kappa shape index (κ3) is 4.85. The fourth-order valence-electron chi connectivity index (χ4n) is 4.60. The molecule has 1 unspecified atom stereocenters. The smallest absolute Gasteiger partial charge is 0.258 e. The van der Waals surface area contributed by atoms with Crippen LogP contribution in [0.1, 0.15) is 31.2 Å². The number of nitrogens with zero attached hydrogens (tertiary/aromatic N) is 1. The number of piperidine rings is 1. The Morgan fingerprint density at radius 1 is 1.07 bits per heavy atom. The topological polar surface area (TPSA) is 50.8 Å². The van der Waals surface area contributed by atoms with Crippen molar-refractivity contribution in [2.24, 2.45) is 0 Å². The first-order valence-corrected chi connectivity index (χ1v) is 10.6. The Kier molecular flexibility index (Phi) is 6.26. The number of carbonyl (C=O) groups is 1. The van der Waals surface area contributed by atoms with Crippen molar-refractivity contribution < 1.29 is 14.3 Å². The number of rotatable bonds is 7. The maximum Gasteiger partial charge on any atom is 0.258 e. The lowest BCUT2D eigenvalue weighted by molar-refractivity contribution is -0.124. The summed E-state index contributed by atoms with van der Waals surface area (Å²) >= 11 is 6.00. The number of hydrogen-bond donors (Lipinski definition) is 1. The number of hydrogen-bond acceptors (Lipinski definition) is 4. The molecule has 4 rings (SSSR count). The van der Waals surface area contributed by atoms with Gasteiger partial charge >= 0.3 is 0 Å². The summed E-state index contributed by atoms with van der Waals surface area (Å²) in [6, 6.07) is 16.7. The van der Waals surface area contributed by atoms with E-state index in [1.54, 1.807) is 7.11 Å². The van der Waals surface area contributed by atoms with Gasteiger partial charge in [-0.1, -0.05) is 35.9 Å². The molecule has 1 N–H and O–H groups in total. The number of ether oxygens (including phenoxy) is 2. The monoisotopic (exact) mass is 414 g/mol. The Labute approximate surface area is 176 Å². The second-order valence-corrected chi connectivity index (χ2v) is 8.30. The van der Waals surface area contributed by atoms with E-state index in [0.29, 0.717) is 23.6 Å². The molecule has 3 atom stereocenters. The van der Waals surface area contributed by atoms with E-state index in [2.05, 4.69) is 22.3 Å². The van der Waals surface area contributed by atoms with E-state index in [4.69, 9.17) is 21.1 Å². The summed E-state index contributed by atoms with van der Waals surface area (Å²) in [6.07, 6.45) is 4.37. The lowest BCUT2D eigenvalue weighted by Crippen LogP contribution is -2.50. The minimum Gasteiger partial charge on any atom is -0.493 e. The Bertz CT molecular complexity index is 828. The molecule has 6 heteroatoms. The van der Waals surface area contributed by atoms with Crippen molar-refractivity contribution in [3.05, 3.63) is 59.1 Å². The fourth-order valence-corrected chi connectivity index (χ4v) is 4.73. The van der Waals surface area contributed by atoms with Crippen molar-refractivity contribution in [1.82, 2.24) is 10.2 Å². The van der Waals surface area contributed by atoms with Crippen LogP contribution in [0.2, 0.25) is 5.02 Å². The predicted octanol–water partition coefficient (Wildman–Crippen LogP) is 4.04. The highest BCUT2D eigenvalue weighted by atomic mass is 35.5. The van der Waals surface area contributed by atoms with Gasteiger partial charge in [0.1, 0.15) is 0 Å². The molecule has 2 bridgehead atoms. The molecule has 0 saturated carbocycles. The first kappa shape index (κ1) is 20.0. The van der Waals surface area contributed by atoms with Crippen LogP contribution in [0.5, 0.6) is 11.5 Å². The molecule has 5 nitrogen and oxygen atoms in total. The molecule has 2 heterocycles. The van der Waals surface area contributed by atoms with Crippen LogP contribution in [0.4, 0.5) is 0 Å². The van der Waals surface area contributed by atoms with Crippen molar-refractivity contribution in [3.8, 4) is 11.5 Å². The molecule has 0 aromatic heterocycles. The van der Waals surface area contributed by atoms with Gasteiger partial charge in [-0.15, -0.1) is 0 Å². The Morgan fingerprint density at radius 2 is 1.72 bits per heavy atom. The van der Waals surface area contributed by atoms with Gasteiger partial charge in [0.25, 0.3) is 5.91 Å². The molecule has 154 valence electrons. The first-order chi connectivity index (χ1) is 14.1. The second kappa shape index (κ2) is 9.06. The highest BCUT2D eigenvalue weighted by molar-refractivity contribution is 6.30. The van der Waals surface area contributed by atoms with Crippen LogP contribution in [-0.2, 0) is 11.3 Å². The zero-order valence-corrected chi connectivity index (χ0v) is 17.4. The van der Waals surface area contributed by atoms with E-state index >= 15 is 0 Å². The second-order valence-electron chi connectivity index (χ2n) is 7.86. The van der Waals surface area contributed by atoms with E-state index in [0.717, 1.165) is 24.4 Å². The molecule has 0 aliphatic carbocycles. The van der Waals surface area contributed by atoms with Crippen LogP contribution >= 0.6 is 11.6 Å². The molecule has 2 aromatic rings. The van der Waals surface area contributed by atoms with Crippen LogP contribution in [0.3, 0.4) is 0 Å². The number of fused-ring (bicyclic) bond motifs is 2. The van der Waals surface area contributed by atoms with Gasteiger partial charge in [-0.2, -0.15) is 0 Å². The highest BCUT2D eigenvalue weighted by Gasteiger charge is 2.40. The zero-order valence-electron chi connectivity index (χ0n) is 16.6. The molecule has 2 aromatic carbocycles. The summed E-state index contributed by atoms with van der Waals surface area (Å²) in [7, 11) is 1.59. The van der Waals surface area contributed by atoms with Crippen molar-refractivity contribution in [2.75, 3.05) is 13.7 Å². The van der Waals surface area contributed by atoms with Crippen LogP contribution in [-0.4, -0.2) is 42.6 Å². The summed E-state index contributed by atoms with van der Waals surface area (Å²) in [6.45, 7) is 0.949. The van der Waals surface area contributed by atoms with E-state index in [9.17, 15) is 4.79 Å². The maximum atomic E-state index is 12.4. The van der Waals surface area contributed by atoms with Gasteiger partial charge in [0.05, 0.1) is 7.11 Å². The standard InChI is InChI=1S/C23H27ClN2O3/c1-28-21-4-2-3-5-22(21)29-15-23(27)25-18-12-19-10-11-20(13-18)26(19)14-16-6-8-17(24)9-7-16/h2-9,18-20H,10-15H2,1H3,(H,25,27)/t18?,19-,20+. The van der Waals surface area contributed by atoms with Gasteiger partial charge in [-0.05, 0) is 55.5 Å². The molecule has 2 aliphatic rings. The molecule has 0 spiro atoms. The lowest BCUT2D eigenvalue weighted by atomic mass is 9.96. The third-order valence-electron chi connectivity index (χ3n) is 5.96. The number of halogens is 1. The number of amides is 1. The van der Waals surface area contributed by atoms with Gasteiger partial charge in [-0.3, -0.25) is 9.69 Å². The summed E-state index contributed by atoms with van der Waals surface area (Å²) in [5, 5.41) is 3.94. The predicted molar refractivity (Wildman–Crippen MR) is 113 cm³/mol. The largest absolute Gasteiger partial charge is 0.493 e. The van der Waals surface area contributed by atoms with Gasteiger partial charge in [-0.25, -0.2) is 0 Å². The number of carbonyl (C=O) groups excluding carboxylic acids is 1. The third-order valence-corrected chi connectivity index (χ3v) is 6.21. The van der Waals surface area contributed by atoms with E-state index in [-0.39, 0.29) is 18.6 Å². The summed E-state index contributed by atoms with van der Waals surface area (Å²) in [5.74, 6) is 1.14. The average molecular weight is 415 g/mol. The molecule has 0 radical (unpaired) electrons. The number of methoxy groups -OCH3 is 1. The van der Waals surface area contributed by atoms with Gasteiger partial charge in [0, 0.05) is 29.7 Å². The Hall–Kier alpha value is -2.24. The van der Waals surface area contributed by atoms with E-state index < -0.39 is 0 Å². The summed E-state index contributed by atoms with van der Waals surface area (Å²) in [4.78, 5) is 15.0. The van der Waals surface area contributed by atoms with Gasteiger partial charge in [0.2, 0.25) is 0 Å². The minimum atomic E-state index is -0.0774. The Morgan fingerprint density at radius 3 is 2.38 bits per heavy atom. The molecule has 2 fully saturated rings. The number of nitrogens with one attached hydrogen (secondary N) is 1. The molecular weight excluding hydrogens is 388 g/mol. The lowest BCUT2D eigenvalue weighted by Gasteiger charge is -2.39. The van der Waals surface area contributed by atoms with Crippen LogP contribution in [0.25, 0.3) is 0 Å². The molecule has 2 saturated heterocycles. The van der Waals surface area contributed by atoms with Gasteiger partial charge < -0.3 is 14.8 Å². The molecular formula is C23H27ClN2O3. The normalized spacial score (nSPS) is 23.6. The van der Waals surface area contributed by atoms with Crippen molar-refractivity contribution in [3.63, 3.8) is 0 Å². The zero-order chi connectivity index (χ0) is 20.2. The quantitative estimate of drug-likeness (QED) is 0.742. The number of benzene rings is 2. The summed E-state index contributed by atoms with van der Waals surface area (Å²) < 4.78 is 10.9. The van der Waals surface area contributed by atoms with E-state index in [1.807, 2.05) is 36.4 Å². The van der Waals surface area contributed by atoms with E-state index in [1.165, 1.54) is 18.4 Å². The first-order valence-electron chi connectivity index (χ1n) is 10.2. The average Bonchev–Trinajstić information content (AvgIpc) is 2.96. The maximum absolute atomic E-state index is 12.4. The van der Waals surface area contributed by atoms with Crippen molar-refractivity contribution in [1.29, 1.82) is 0 Å². The van der Waals surface area contributed by atoms with Crippen LogP contribution in [0, 0.1) is 0 Å². The van der Waals surface area contributed by atoms with Crippen LogP contribution in [0.15, 0.2) is 48.5 Å². The molecule has 2 aliphatic heterocycles. The van der Waals surface area contributed by atoms with Gasteiger partial charge in [0.15, 0.2) is 18.1 Å². The molecule has 1 amide bonds. The number of para-hydroxylation sites is 2. The van der Waals surface area contributed by atoms with Crippen molar-refractivity contribution in [2.45, 2.75) is 50.4 Å². The summed E-state index contributed by atoms with van der Waals surface area (Å²) in [5.41, 5.74) is 1.29. The van der Waals surface area contributed by atoms with Crippen LogP contribution < -0.4 is 14.8 Å².